The number of hydrogen-bond donors (Lipinski definition) is 4. The second-order valence-electron chi connectivity index (χ2n) is 8.26. The van der Waals surface area contributed by atoms with Gasteiger partial charge in [0.05, 0.1) is 12.5 Å². The molecule has 0 aromatic carbocycles. The summed E-state index contributed by atoms with van der Waals surface area (Å²) in [5.41, 5.74) is 1.99. The van der Waals surface area contributed by atoms with Gasteiger partial charge in [-0.25, -0.2) is 9.80 Å². The molecule has 160 valence electrons. The lowest BCUT2D eigenvalue weighted by molar-refractivity contribution is -0.129. The highest BCUT2D eigenvalue weighted by atomic mass is 16.5. The van der Waals surface area contributed by atoms with Crippen molar-refractivity contribution in [2.75, 3.05) is 13.1 Å². The Hall–Kier alpha value is -3.11. The van der Waals surface area contributed by atoms with Gasteiger partial charge >= 0.3 is 6.09 Å². The molecule has 0 bridgehead atoms. The van der Waals surface area contributed by atoms with E-state index in [1.807, 2.05) is 20.8 Å². The first-order valence-electron chi connectivity index (χ1n) is 9.29. The number of carbonyl (C=O) groups excluding carboxylic acids is 3. The molecule has 0 unspecified atom stereocenters. The van der Waals surface area contributed by atoms with Crippen LogP contribution in [0.15, 0.2) is 10.6 Å². The molecule has 1 aromatic rings. The Morgan fingerprint density at radius 3 is 2.59 bits per heavy atom. The van der Waals surface area contributed by atoms with Crippen LogP contribution in [0.2, 0.25) is 0 Å². The van der Waals surface area contributed by atoms with Crippen LogP contribution in [0.4, 0.5) is 4.79 Å². The van der Waals surface area contributed by atoms with Crippen molar-refractivity contribution in [1.29, 1.82) is 0 Å². The highest BCUT2D eigenvalue weighted by Crippen LogP contribution is 2.21. The van der Waals surface area contributed by atoms with Crippen molar-refractivity contribution in [2.45, 2.75) is 46.6 Å². The first-order chi connectivity index (χ1) is 13.5. The highest BCUT2D eigenvalue weighted by molar-refractivity contribution is 5.96. The molecule has 1 aliphatic rings. The molecule has 2 heterocycles. The highest BCUT2D eigenvalue weighted by Gasteiger charge is 2.32. The lowest BCUT2D eigenvalue weighted by Crippen LogP contribution is -2.56. The fourth-order valence-electron chi connectivity index (χ4n) is 2.95. The van der Waals surface area contributed by atoms with Crippen LogP contribution in [0.5, 0.6) is 0 Å². The van der Waals surface area contributed by atoms with E-state index in [1.165, 1.54) is 6.07 Å². The SMILES string of the molecule is Cc1cc(C(=O)N[C@@H](CC(C)(C)C)C(=O)NN(C[C@@H]2CCNC2=O)C(=O)O)no1. The Morgan fingerprint density at radius 2 is 2.10 bits per heavy atom. The predicted octanol–water partition coefficient (Wildman–Crippen LogP) is 0.665. The molecule has 1 aromatic heterocycles. The number of aryl methyl sites for hydroxylation is 1. The van der Waals surface area contributed by atoms with Gasteiger partial charge in [0.15, 0.2) is 5.69 Å². The number of carboxylic acid groups (broad SMARTS) is 1. The average Bonchev–Trinajstić information content (AvgIpc) is 3.21. The van der Waals surface area contributed by atoms with Crippen LogP contribution in [-0.2, 0) is 9.59 Å². The molecule has 29 heavy (non-hydrogen) atoms. The van der Waals surface area contributed by atoms with E-state index in [2.05, 4.69) is 21.2 Å². The minimum absolute atomic E-state index is 0.0203. The van der Waals surface area contributed by atoms with Crippen LogP contribution in [0, 0.1) is 18.3 Å². The van der Waals surface area contributed by atoms with Gasteiger partial charge in [0.2, 0.25) is 5.91 Å². The number of amides is 4. The summed E-state index contributed by atoms with van der Waals surface area (Å²) in [6.45, 7) is 7.58. The molecule has 0 saturated carbocycles. The number of carbonyl (C=O) groups is 4. The fraction of sp³-hybridized carbons (Fsp3) is 0.611. The summed E-state index contributed by atoms with van der Waals surface area (Å²) in [6, 6.07) is 0.419. The molecular weight excluding hydrogens is 382 g/mol. The lowest BCUT2D eigenvalue weighted by Gasteiger charge is -2.29. The maximum atomic E-state index is 12.8. The van der Waals surface area contributed by atoms with Crippen LogP contribution in [0.1, 0.15) is 49.9 Å². The van der Waals surface area contributed by atoms with Crippen molar-refractivity contribution in [3.8, 4) is 0 Å². The summed E-state index contributed by atoms with van der Waals surface area (Å²) in [7, 11) is 0. The van der Waals surface area contributed by atoms with E-state index in [9.17, 15) is 24.3 Å². The average molecular weight is 409 g/mol. The summed E-state index contributed by atoms with van der Waals surface area (Å²) in [5.74, 6) is -1.66. The van der Waals surface area contributed by atoms with Crippen LogP contribution in [0.3, 0.4) is 0 Å². The van der Waals surface area contributed by atoms with E-state index < -0.39 is 29.9 Å². The zero-order valence-corrected chi connectivity index (χ0v) is 16.9. The molecule has 0 radical (unpaired) electrons. The van der Waals surface area contributed by atoms with E-state index in [0.29, 0.717) is 23.7 Å². The first kappa shape index (κ1) is 22.2. The Morgan fingerprint density at radius 1 is 1.41 bits per heavy atom. The largest absolute Gasteiger partial charge is 0.464 e. The quantitative estimate of drug-likeness (QED) is 0.503. The number of nitrogens with zero attached hydrogens (tertiary/aromatic N) is 2. The van der Waals surface area contributed by atoms with Gasteiger partial charge in [-0.05, 0) is 25.2 Å². The van der Waals surface area contributed by atoms with Crippen molar-refractivity contribution in [3.05, 3.63) is 17.5 Å². The van der Waals surface area contributed by atoms with Crippen molar-refractivity contribution >= 4 is 23.8 Å². The second kappa shape index (κ2) is 8.93. The molecule has 4 amide bonds. The number of rotatable bonds is 6. The predicted molar refractivity (Wildman–Crippen MR) is 101 cm³/mol. The maximum absolute atomic E-state index is 12.8. The minimum atomic E-state index is -1.40. The fourth-order valence-corrected chi connectivity index (χ4v) is 2.95. The first-order valence-corrected chi connectivity index (χ1v) is 9.29. The van der Waals surface area contributed by atoms with E-state index in [1.54, 1.807) is 6.92 Å². The number of hydrazine groups is 1. The minimum Gasteiger partial charge on any atom is -0.464 e. The van der Waals surface area contributed by atoms with Gasteiger partial charge in [0.25, 0.3) is 11.8 Å². The normalized spacial score (nSPS) is 17.4. The maximum Gasteiger partial charge on any atom is 0.426 e. The lowest BCUT2D eigenvalue weighted by atomic mass is 9.87. The topological polar surface area (TPSA) is 154 Å². The Bertz CT molecular complexity index is 784. The van der Waals surface area contributed by atoms with Gasteiger partial charge in [-0.3, -0.25) is 19.8 Å². The van der Waals surface area contributed by atoms with Crippen molar-refractivity contribution in [1.82, 2.24) is 26.2 Å². The summed E-state index contributed by atoms with van der Waals surface area (Å²) < 4.78 is 4.87. The summed E-state index contributed by atoms with van der Waals surface area (Å²) >= 11 is 0. The van der Waals surface area contributed by atoms with Crippen LogP contribution < -0.4 is 16.1 Å². The zero-order valence-electron chi connectivity index (χ0n) is 16.9. The standard InChI is InChI=1S/C18H27N5O6/c1-10-7-12(22-29-10)15(25)20-13(8-18(2,3)4)16(26)21-23(17(27)28)9-11-5-6-19-14(11)24/h7,11,13H,5-6,8-9H2,1-4H3,(H,19,24)(H,20,25)(H,21,26)(H,27,28)/t11-,13-/m0/s1. The molecule has 2 atom stereocenters. The molecular formula is C18H27N5O6. The van der Waals surface area contributed by atoms with Gasteiger partial charge in [-0.1, -0.05) is 25.9 Å². The molecule has 1 saturated heterocycles. The number of hydrogen-bond acceptors (Lipinski definition) is 6. The molecule has 2 rings (SSSR count). The molecule has 1 fully saturated rings. The van der Waals surface area contributed by atoms with Crippen molar-refractivity contribution in [2.24, 2.45) is 11.3 Å². The van der Waals surface area contributed by atoms with Gasteiger partial charge in [0, 0.05) is 12.6 Å². The summed E-state index contributed by atoms with van der Waals surface area (Å²) in [5, 5.41) is 18.9. The van der Waals surface area contributed by atoms with Gasteiger partial charge < -0.3 is 20.3 Å². The smallest absolute Gasteiger partial charge is 0.426 e. The van der Waals surface area contributed by atoms with Crippen LogP contribution in [0.25, 0.3) is 0 Å². The van der Waals surface area contributed by atoms with Crippen molar-refractivity contribution < 1.29 is 28.8 Å². The Balaban J connectivity index is 2.10. The zero-order chi connectivity index (χ0) is 21.8. The molecule has 4 N–H and O–H groups in total. The van der Waals surface area contributed by atoms with Gasteiger partial charge in [-0.15, -0.1) is 0 Å². The Kier molecular flexibility index (Phi) is 6.83. The number of aromatic nitrogens is 1. The second-order valence-corrected chi connectivity index (χ2v) is 8.26. The third-order valence-electron chi connectivity index (χ3n) is 4.34. The van der Waals surface area contributed by atoms with Crippen LogP contribution in [-0.4, -0.2) is 58.2 Å². The van der Waals surface area contributed by atoms with Gasteiger partial charge in [-0.2, -0.15) is 0 Å². The molecule has 0 aliphatic carbocycles. The summed E-state index contributed by atoms with van der Waals surface area (Å²) in [6.07, 6.45) is -0.670. The van der Waals surface area contributed by atoms with E-state index >= 15 is 0 Å². The van der Waals surface area contributed by atoms with E-state index in [-0.39, 0.29) is 30.0 Å². The Labute approximate surface area is 168 Å². The monoisotopic (exact) mass is 409 g/mol. The number of nitrogens with one attached hydrogen (secondary N) is 3. The molecule has 0 spiro atoms. The molecule has 1 aliphatic heterocycles. The third-order valence-corrected chi connectivity index (χ3v) is 4.34. The summed E-state index contributed by atoms with van der Waals surface area (Å²) in [4.78, 5) is 48.5. The van der Waals surface area contributed by atoms with Crippen molar-refractivity contribution in [3.63, 3.8) is 0 Å². The third kappa shape index (κ3) is 6.47. The molecule has 11 nitrogen and oxygen atoms in total. The van der Waals surface area contributed by atoms with E-state index in [0.717, 1.165) is 0 Å². The molecule has 11 heteroatoms. The van der Waals surface area contributed by atoms with Gasteiger partial charge in [0.1, 0.15) is 11.8 Å². The van der Waals surface area contributed by atoms with E-state index in [4.69, 9.17) is 4.52 Å². The van der Waals surface area contributed by atoms with Crippen LogP contribution >= 0.6 is 0 Å².